The maximum atomic E-state index is 11.2. The van der Waals surface area contributed by atoms with Crippen LogP contribution in [0, 0.1) is 6.92 Å². The highest BCUT2D eigenvalue weighted by Crippen LogP contribution is 2.10. The summed E-state index contributed by atoms with van der Waals surface area (Å²) in [6.45, 7) is 3.00. The summed E-state index contributed by atoms with van der Waals surface area (Å²) in [5.74, 6) is 0. The monoisotopic (exact) mass is 229 g/mol. The number of hydrogen-bond acceptors (Lipinski definition) is 4. The summed E-state index contributed by atoms with van der Waals surface area (Å²) in [7, 11) is 0. The lowest BCUT2D eigenvalue weighted by molar-refractivity contribution is 0.237. The lowest BCUT2D eigenvalue weighted by atomic mass is 10.4. The molecule has 0 aliphatic heterocycles. The van der Waals surface area contributed by atoms with Crippen LogP contribution in [0.4, 0.5) is 4.79 Å². The van der Waals surface area contributed by atoms with E-state index in [2.05, 4.69) is 15.6 Å². The topological polar surface area (TPSA) is 74.2 Å². The van der Waals surface area contributed by atoms with Crippen molar-refractivity contribution in [3.05, 3.63) is 16.1 Å². The minimum atomic E-state index is -0.226. The first-order chi connectivity index (χ1) is 7.22. The Morgan fingerprint density at radius 2 is 2.40 bits per heavy atom. The van der Waals surface area contributed by atoms with Crippen LogP contribution in [0.15, 0.2) is 6.20 Å². The number of thiazole rings is 1. The van der Waals surface area contributed by atoms with Gasteiger partial charge in [-0.2, -0.15) is 0 Å². The smallest absolute Gasteiger partial charge is 0.315 e. The maximum absolute atomic E-state index is 11.2. The predicted molar refractivity (Wildman–Crippen MR) is 58.8 cm³/mol. The van der Waals surface area contributed by atoms with Gasteiger partial charge in [0, 0.05) is 24.2 Å². The summed E-state index contributed by atoms with van der Waals surface area (Å²) in [6.07, 6.45) is 2.36. The van der Waals surface area contributed by atoms with Crippen LogP contribution in [0.5, 0.6) is 0 Å². The van der Waals surface area contributed by atoms with Gasteiger partial charge in [0.25, 0.3) is 0 Å². The highest BCUT2D eigenvalue weighted by atomic mass is 32.1. The van der Waals surface area contributed by atoms with E-state index in [1.807, 2.05) is 6.92 Å². The number of amides is 2. The van der Waals surface area contributed by atoms with E-state index < -0.39 is 0 Å². The summed E-state index contributed by atoms with van der Waals surface area (Å²) in [5.41, 5.74) is 0. The third kappa shape index (κ3) is 4.75. The zero-order chi connectivity index (χ0) is 11.1. The Morgan fingerprint density at radius 1 is 1.60 bits per heavy atom. The van der Waals surface area contributed by atoms with Crippen molar-refractivity contribution in [3.63, 3.8) is 0 Å². The molecule has 84 valence electrons. The minimum Gasteiger partial charge on any atom is -0.396 e. The molecule has 5 nitrogen and oxygen atoms in total. The van der Waals surface area contributed by atoms with E-state index in [1.54, 1.807) is 17.5 Å². The van der Waals surface area contributed by atoms with Crippen molar-refractivity contribution in [2.45, 2.75) is 19.9 Å². The number of carbonyl (C=O) groups excluding carboxylic acids is 1. The quantitative estimate of drug-likeness (QED) is 0.648. The van der Waals surface area contributed by atoms with E-state index in [0.717, 1.165) is 9.88 Å². The van der Waals surface area contributed by atoms with Crippen LogP contribution in [0.25, 0.3) is 0 Å². The van der Waals surface area contributed by atoms with Crippen molar-refractivity contribution in [2.24, 2.45) is 0 Å². The molecule has 6 heteroatoms. The van der Waals surface area contributed by atoms with Gasteiger partial charge < -0.3 is 15.7 Å². The van der Waals surface area contributed by atoms with E-state index in [-0.39, 0.29) is 12.6 Å². The van der Waals surface area contributed by atoms with E-state index in [4.69, 9.17) is 5.11 Å². The molecule has 0 bridgehead atoms. The number of aliphatic hydroxyl groups is 1. The molecule has 3 N–H and O–H groups in total. The van der Waals surface area contributed by atoms with Crippen molar-refractivity contribution in [2.75, 3.05) is 13.2 Å². The molecule has 0 aromatic carbocycles. The molecule has 0 radical (unpaired) electrons. The Hall–Kier alpha value is -1.14. The molecule has 1 aromatic heterocycles. The molecule has 0 unspecified atom stereocenters. The first-order valence-corrected chi connectivity index (χ1v) is 5.58. The predicted octanol–water partition coefficient (Wildman–Crippen LogP) is 0.633. The van der Waals surface area contributed by atoms with Gasteiger partial charge in [-0.1, -0.05) is 0 Å². The molecule has 2 amide bonds. The van der Waals surface area contributed by atoms with Crippen molar-refractivity contribution in [1.82, 2.24) is 15.6 Å². The SMILES string of the molecule is Cc1cnc(CNC(=O)NCCCO)s1. The third-order valence-electron chi connectivity index (χ3n) is 1.69. The molecule has 15 heavy (non-hydrogen) atoms. The second-order valence-electron chi connectivity index (χ2n) is 3.05. The average molecular weight is 229 g/mol. The Morgan fingerprint density at radius 3 is 3.00 bits per heavy atom. The van der Waals surface area contributed by atoms with Crippen LogP contribution in [-0.4, -0.2) is 29.3 Å². The minimum absolute atomic E-state index is 0.0892. The molecule has 0 spiro atoms. The lowest BCUT2D eigenvalue weighted by Crippen LogP contribution is -2.35. The summed E-state index contributed by atoms with van der Waals surface area (Å²) >= 11 is 1.56. The largest absolute Gasteiger partial charge is 0.396 e. The number of aliphatic hydroxyl groups excluding tert-OH is 1. The molecule has 1 rings (SSSR count). The first kappa shape index (κ1) is 11.9. The fraction of sp³-hybridized carbons (Fsp3) is 0.556. The number of nitrogens with one attached hydrogen (secondary N) is 2. The second kappa shape index (κ2) is 6.36. The van der Waals surface area contributed by atoms with Gasteiger partial charge in [0.05, 0.1) is 6.54 Å². The Balaban J connectivity index is 2.16. The Bertz CT molecular complexity index is 314. The number of rotatable bonds is 5. The number of aryl methyl sites for hydroxylation is 1. The number of aromatic nitrogens is 1. The molecular formula is C9H15N3O2S. The van der Waals surface area contributed by atoms with E-state index in [0.29, 0.717) is 19.5 Å². The lowest BCUT2D eigenvalue weighted by Gasteiger charge is -2.04. The van der Waals surface area contributed by atoms with E-state index in [9.17, 15) is 4.79 Å². The highest BCUT2D eigenvalue weighted by Gasteiger charge is 2.01. The third-order valence-corrected chi connectivity index (χ3v) is 2.60. The van der Waals surface area contributed by atoms with Crippen LogP contribution in [0.1, 0.15) is 16.3 Å². The molecule has 0 saturated carbocycles. The number of urea groups is 1. The van der Waals surface area contributed by atoms with E-state index in [1.165, 1.54) is 0 Å². The van der Waals surface area contributed by atoms with Crippen molar-refractivity contribution in [3.8, 4) is 0 Å². The molecule has 0 aliphatic rings. The van der Waals surface area contributed by atoms with Crippen molar-refractivity contribution < 1.29 is 9.90 Å². The molecule has 1 aromatic rings. The summed E-state index contributed by atoms with van der Waals surface area (Å²) in [4.78, 5) is 16.4. The van der Waals surface area contributed by atoms with Gasteiger partial charge >= 0.3 is 6.03 Å². The van der Waals surface area contributed by atoms with E-state index >= 15 is 0 Å². The summed E-state index contributed by atoms with van der Waals surface area (Å²) in [5, 5.41) is 14.7. The van der Waals surface area contributed by atoms with Gasteiger partial charge in [0.1, 0.15) is 5.01 Å². The Labute approximate surface area is 92.5 Å². The standard InChI is InChI=1S/C9H15N3O2S/c1-7-5-11-8(15-7)6-12-9(14)10-3-2-4-13/h5,13H,2-4,6H2,1H3,(H2,10,12,14). The van der Waals surface area contributed by atoms with Crippen LogP contribution < -0.4 is 10.6 Å². The van der Waals surface area contributed by atoms with Crippen molar-refractivity contribution >= 4 is 17.4 Å². The fourth-order valence-electron chi connectivity index (χ4n) is 0.983. The highest BCUT2D eigenvalue weighted by molar-refractivity contribution is 7.11. The van der Waals surface area contributed by atoms with Crippen LogP contribution in [0.2, 0.25) is 0 Å². The van der Waals surface area contributed by atoms with Gasteiger partial charge in [0.15, 0.2) is 0 Å². The second-order valence-corrected chi connectivity index (χ2v) is 4.37. The molecule has 0 aliphatic carbocycles. The molecule has 0 fully saturated rings. The van der Waals surface area contributed by atoms with Gasteiger partial charge in [-0.15, -0.1) is 11.3 Å². The zero-order valence-corrected chi connectivity index (χ0v) is 9.43. The normalized spacial score (nSPS) is 10.0. The van der Waals surface area contributed by atoms with Crippen LogP contribution in [-0.2, 0) is 6.54 Å². The average Bonchev–Trinajstić information content (AvgIpc) is 2.62. The fourth-order valence-corrected chi connectivity index (χ4v) is 1.71. The summed E-state index contributed by atoms with van der Waals surface area (Å²) in [6, 6.07) is -0.226. The first-order valence-electron chi connectivity index (χ1n) is 4.76. The van der Waals surface area contributed by atoms with Gasteiger partial charge in [-0.25, -0.2) is 9.78 Å². The number of hydrogen-bond donors (Lipinski definition) is 3. The van der Waals surface area contributed by atoms with Gasteiger partial charge in [-0.05, 0) is 13.3 Å². The van der Waals surface area contributed by atoms with Crippen LogP contribution in [0.3, 0.4) is 0 Å². The summed E-state index contributed by atoms with van der Waals surface area (Å²) < 4.78 is 0. The Kier molecular flexibility index (Phi) is 5.06. The van der Waals surface area contributed by atoms with Gasteiger partial charge in [0.2, 0.25) is 0 Å². The molecule has 1 heterocycles. The molecular weight excluding hydrogens is 214 g/mol. The van der Waals surface area contributed by atoms with Gasteiger partial charge in [-0.3, -0.25) is 0 Å². The number of carbonyl (C=O) groups is 1. The zero-order valence-electron chi connectivity index (χ0n) is 8.62. The van der Waals surface area contributed by atoms with Crippen molar-refractivity contribution in [1.29, 1.82) is 0 Å². The van der Waals surface area contributed by atoms with Crippen LogP contribution >= 0.6 is 11.3 Å². The maximum Gasteiger partial charge on any atom is 0.315 e. The molecule has 0 saturated heterocycles. The number of nitrogens with zero attached hydrogens (tertiary/aromatic N) is 1. The molecule has 0 atom stereocenters.